The molecule has 0 bridgehead atoms. The van der Waals surface area contributed by atoms with E-state index in [-0.39, 0.29) is 0 Å². The summed E-state index contributed by atoms with van der Waals surface area (Å²) in [5, 5.41) is 17.8. The van der Waals surface area contributed by atoms with Crippen molar-refractivity contribution in [1.82, 2.24) is 29.6 Å². The summed E-state index contributed by atoms with van der Waals surface area (Å²) in [6.45, 7) is 8.65. The van der Waals surface area contributed by atoms with Crippen LogP contribution in [0.2, 0.25) is 5.15 Å². The van der Waals surface area contributed by atoms with E-state index in [9.17, 15) is 0 Å². The lowest BCUT2D eigenvalue weighted by molar-refractivity contribution is 0.655. The minimum atomic E-state index is 0.468. The normalized spacial score (nSPS) is 11.4. The molecule has 0 radical (unpaired) electrons. The Kier molecular flexibility index (Phi) is 2.97. The standard InChI is InChI=1S/C13H15ClN6/c1-5-19-10(6-7(2)17-19)13-16-15-12-9(4)8(3)11(14)18-20(12)13/h6H,5H2,1-4H3. The maximum absolute atomic E-state index is 6.18. The number of fused-ring (bicyclic) bond motifs is 1. The molecule has 0 saturated heterocycles. The summed E-state index contributed by atoms with van der Waals surface area (Å²) in [5.41, 5.74) is 4.47. The maximum atomic E-state index is 6.18. The Labute approximate surface area is 121 Å². The topological polar surface area (TPSA) is 60.9 Å². The fraction of sp³-hybridized carbons (Fsp3) is 0.385. The van der Waals surface area contributed by atoms with Crippen LogP contribution in [-0.4, -0.2) is 29.6 Å². The molecule has 3 aromatic heterocycles. The molecule has 0 spiro atoms. The highest BCUT2D eigenvalue weighted by Crippen LogP contribution is 2.24. The average Bonchev–Trinajstić information content (AvgIpc) is 2.99. The summed E-state index contributed by atoms with van der Waals surface area (Å²) >= 11 is 6.18. The van der Waals surface area contributed by atoms with Crippen LogP contribution >= 0.6 is 11.6 Å². The predicted octanol–water partition coefficient (Wildman–Crippen LogP) is 2.59. The fourth-order valence-corrected chi connectivity index (χ4v) is 2.44. The van der Waals surface area contributed by atoms with Gasteiger partial charge in [-0.2, -0.15) is 14.7 Å². The van der Waals surface area contributed by atoms with E-state index >= 15 is 0 Å². The summed E-state index contributed by atoms with van der Waals surface area (Å²) in [6.07, 6.45) is 0. The Morgan fingerprint density at radius 1 is 1.10 bits per heavy atom. The van der Waals surface area contributed by atoms with Gasteiger partial charge in [-0.3, -0.25) is 4.68 Å². The van der Waals surface area contributed by atoms with Gasteiger partial charge in [0.1, 0.15) is 5.69 Å². The van der Waals surface area contributed by atoms with Crippen molar-refractivity contribution < 1.29 is 0 Å². The number of halogens is 1. The summed E-state index contributed by atoms with van der Waals surface area (Å²) in [6, 6.07) is 1.98. The number of rotatable bonds is 2. The second kappa shape index (κ2) is 4.56. The molecule has 0 aliphatic heterocycles. The van der Waals surface area contributed by atoms with Gasteiger partial charge in [0, 0.05) is 12.1 Å². The smallest absolute Gasteiger partial charge is 0.203 e. The Morgan fingerprint density at radius 2 is 1.85 bits per heavy atom. The van der Waals surface area contributed by atoms with E-state index in [4.69, 9.17) is 11.6 Å². The maximum Gasteiger partial charge on any atom is 0.203 e. The third kappa shape index (κ3) is 1.79. The van der Waals surface area contributed by atoms with Crippen molar-refractivity contribution in [2.24, 2.45) is 0 Å². The molecule has 0 amide bonds. The molecule has 3 aromatic rings. The first-order valence-corrected chi connectivity index (χ1v) is 6.83. The van der Waals surface area contributed by atoms with Gasteiger partial charge in [0.2, 0.25) is 5.82 Å². The molecule has 0 saturated carbocycles. The molecule has 0 aliphatic carbocycles. The van der Waals surface area contributed by atoms with Gasteiger partial charge in [0.15, 0.2) is 10.8 Å². The molecule has 3 rings (SSSR count). The van der Waals surface area contributed by atoms with Gasteiger partial charge in [-0.25, -0.2) is 0 Å². The second-order valence-corrected chi connectivity index (χ2v) is 5.14. The molecular formula is C13H15ClN6. The molecule has 0 unspecified atom stereocenters. The molecule has 7 heteroatoms. The third-order valence-electron chi connectivity index (χ3n) is 3.47. The van der Waals surface area contributed by atoms with Crippen LogP contribution in [0.1, 0.15) is 23.7 Å². The minimum Gasteiger partial charge on any atom is -0.262 e. The third-order valence-corrected chi connectivity index (χ3v) is 3.83. The second-order valence-electron chi connectivity index (χ2n) is 4.79. The molecule has 6 nitrogen and oxygen atoms in total. The van der Waals surface area contributed by atoms with Crippen LogP contribution in [-0.2, 0) is 6.54 Å². The average molecular weight is 291 g/mol. The molecular weight excluding hydrogens is 276 g/mol. The highest BCUT2D eigenvalue weighted by Gasteiger charge is 2.18. The monoisotopic (exact) mass is 290 g/mol. The van der Waals surface area contributed by atoms with Crippen molar-refractivity contribution in [1.29, 1.82) is 0 Å². The van der Waals surface area contributed by atoms with Gasteiger partial charge >= 0.3 is 0 Å². The van der Waals surface area contributed by atoms with Gasteiger partial charge in [-0.1, -0.05) is 11.6 Å². The lowest BCUT2D eigenvalue weighted by atomic mass is 10.2. The SMILES string of the molecule is CCn1nc(C)cc1-c1nnc2c(C)c(C)c(Cl)nn12. The fourth-order valence-electron chi connectivity index (χ4n) is 2.22. The first-order chi connectivity index (χ1) is 9.52. The molecule has 0 atom stereocenters. The molecule has 0 aliphatic rings. The zero-order valence-corrected chi connectivity index (χ0v) is 12.6. The molecule has 0 aromatic carbocycles. The van der Waals surface area contributed by atoms with Crippen LogP contribution in [0.25, 0.3) is 17.2 Å². The van der Waals surface area contributed by atoms with E-state index in [0.29, 0.717) is 11.0 Å². The molecule has 0 N–H and O–H groups in total. The number of hydrogen-bond donors (Lipinski definition) is 0. The summed E-state index contributed by atoms with van der Waals surface area (Å²) in [4.78, 5) is 0. The van der Waals surface area contributed by atoms with Crippen molar-refractivity contribution >= 4 is 17.2 Å². The van der Waals surface area contributed by atoms with Crippen molar-refractivity contribution in [3.05, 3.63) is 28.0 Å². The number of hydrogen-bond acceptors (Lipinski definition) is 4. The molecule has 3 heterocycles. The lowest BCUT2D eigenvalue weighted by Gasteiger charge is -2.06. The van der Waals surface area contributed by atoms with E-state index in [1.807, 2.05) is 38.4 Å². The van der Waals surface area contributed by atoms with Gasteiger partial charge in [0.25, 0.3) is 0 Å². The largest absolute Gasteiger partial charge is 0.262 e. The van der Waals surface area contributed by atoms with E-state index in [0.717, 1.165) is 34.7 Å². The lowest BCUT2D eigenvalue weighted by Crippen LogP contribution is -2.04. The zero-order valence-electron chi connectivity index (χ0n) is 11.8. The number of nitrogens with zero attached hydrogens (tertiary/aromatic N) is 6. The molecule has 0 fully saturated rings. The van der Waals surface area contributed by atoms with Crippen molar-refractivity contribution in [2.45, 2.75) is 34.2 Å². The Morgan fingerprint density at radius 3 is 2.55 bits per heavy atom. The Balaban J connectivity index is 2.32. The van der Waals surface area contributed by atoms with Crippen molar-refractivity contribution in [2.75, 3.05) is 0 Å². The first kappa shape index (κ1) is 13.1. The highest BCUT2D eigenvalue weighted by molar-refractivity contribution is 6.30. The molecule has 20 heavy (non-hydrogen) atoms. The van der Waals surface area contributed by atoms with Crippen LogP contribution in [0, 0.1) is 20.8 Å². The summed E-state index contributed by atoms with van der Waals surface area (Å²) in [7, 11) is 0. The summed E-state index contributed by atoms with van der Waals surface area (Å²) in [5.74, 6) is 0.660. The first-order valence-electron chi connectivity index (χ1n) is 6.45. The van der Waals surface area contributed by atoms with Crippen molar-refractivity contribution in [3.8, 4) is 11.5 Å². The van der Waals surface area contributed by atoms with Crippen LogP contribution < -0.4 is 0 Å². The number of aromatic nitrogens is 6. The highest BCUT2D eigenvalue weighted by atomic mass is 35.5. The molecule has 104 valence electrons. The summed E-state index contributed by atoms with van der Waals surface area (Å²) < 4.78 is 3.57. The van der Waals surface area contributed by atoms with E-state index in [1.54, 1.807) is 4.52 Å². The van der Waals surface area contributed by atoms with Gasteiger partial charge in [-0.15, -0.1) is 10.2 Å². The zero-order chi connectivity index (χ0) is 14.4. The quantitative estimate of drug-likeness (QED) is 0.728. The Bertz CT molecular complexity index is 801. The predicted molar refractivity (Wildman–Crippen MR) is 76.9 cm³/mol. The van der Waals surface area contributed by atoms with E-state index in [1.165, 1.54) is 0 Å². The van der Waals surface area contributed by atoms with Crippen LogP contribution in [0.4, 0.5) is 0 Å². The van der Waals surface area contributed by atoms with Crippen LogP contribution in [0.15, 0.2) is 6.07 Å². The van der Waals surface area contributed by atoms with Crippen LogP contribution in [0.5, 0.6) is 0 Å². The van der Waals surface area contributed by atoms with E-state index in [2.05, 4.69) is 20.4 Å². The van der Waals surface area contributed by atoms with Gasteiger partial charge in [-0.05, 0) is 39.3 Å². The minimum absolute atomic E-state index is 0.468. The van der Waals surface area contributed by atoms with Gasteiger partial charge in [0.05, 0.1) is 5.69 Å². The van der Waals surface area contributed by atoms with Gasteiger partial charge < -0.3 is 0 Å². The van der Waals surface area contributed by atoms with Crippen molar-refractivity contribution in [3.63, 3.8) is 0 Å². The van der Waals surface area contributed by atoms with Crippen LogP contribution in [0.3, 0.4) is 0 Å². The Hall–Kier alpha value is -1.95. The van der Waals surface area contributed by atoms with E-state index < -0.39 is 0 Å². The number of aryl methyl sites for hydroxylation is 3.